The van der Waals surface area contributed by atoms with Gasteiger partial charge >= 0.3 is 0 Å². The van der Waals surface area contributed by atoms with E-state index in [4.69, 9.17) is 14.0 Å². The molecular formula is C17H24N4O5. The van der Waals surface area contributed by atoms with Crippen molar-refractivity contribution < 1.29 is 23.6 Å². The molecule has 26 heavy (non-hydrogen) atoms. The fourth-order valence-electron chi connectivity index (χ4n) is 3.96. The summed E-state index contributed by atoms with van der Waals surface area (Å²) in [6, 6.07) is 1.48. The summed E-state index contributed by atoms with van der Waals surface area (Å²) in [5.41, 5.74) is 0. The van der Waals surface area contributed by atoms with E-state index >= 15 is 0 Å². The first-order valence-electron chi connectivity index (χ1n) is 8.98. The number of amides is 2. The van der Waals surface area contributed by atoms with Crippen LogP contribution in [0.1, 0.15) is 17.0 Å². The lowest BCUT2D eigenvalue weighted by atomic mass is 9.98. The number of aromatic nitrogens is 1. The lowest BCUT2D eigenvalue weighted by Gasteiger charge is -2.35. The van der Waals surface area contributed by atoms with Crippen molar-refractivity contribution in [1.82, 2.24) is 19.9 Å². The summed E-state index contributed by atoms with van der Waals surface area (Å²) in [7, 11) is 3.53. The molecule has 3 unspecified atom stereocenters. The van der Waals surface area contributed by atoms with Crippen LogP contribution in [0.5, 0.6) is 5.88 Å². The number of hydrogen-bond donors (Lipinski definition) is 0. The second kappa shape index (κ2) is 6.88. The van der Waals surface area contributed by atoms with E-state index in [0.29, 0.717) is 19.5 Å². The molecule has 4 heterocycles. The van der Waals surface area contributed by atoms with Gasteiger partial charge in [-0.1, -0.05) is 0 Å². The smallest absolute Gasteiger partial charge is 0.292 e. The summed E-state index contributed by atoms with van der Waals surface area (Å²) in [4.78, 5) is 31.4. The molecule has 0 aromatic carbocycles. The van der Waals surface area contributed by atoms with Crippen LogP contribution >= 0.6 is 0 Å². The van der Waals surface area contributed by atoms with Gasteiger partial charge in [-0.2, -0.15) is 0 Å². The van der Waals surface area contributed by atoms with Gasteiger partial charge < -0.3 is 28.7 Å². The highest BCUT2D eigenvalue weighted by atomic mass is 16.5. The van der Waals surface area contributed by atoms with Crippen molar-refractivity contribution in [2.75, 3.05) is 53.4 Å². The Morgan fingerprint density at radius 2 is 1.96 bits per heavy atom. The minimum atomic E-state index is -0.255. The highest BCUT2D eigenvalue weighted by Crippen LogP contribution is 2.34. The molecule has 142 valence electrons. The van der Waals surface area contributed by atoms with Crippen LogP contribution in [0, 0.1) is 5.92 Å². The number of methoxy groups -OCH3 is 1. The van der Waals surface area contributed by atoms with Gasteiger partial charge in [-0.25, -0.2) is 0 Å². The summed E-state index contributed by atoms with van der Waals surface area (Å²) in [6.45, 7) is 4.15. The zero-order valence-electron chi connectivity index (χ0n) is 15.1. The van der Waals surface area contributed by atoms with Gasteiger partial charge in [0.05, 0.1) is 31.3 Å². The molecule has 1 aromatic heterocycles. The van der Waals surface area contributed by atoms with Gasteiger partial charge in [0.25, 0.3) is 11.8 Å². The third-order valence-corrected chi connectivity index (χ3v) is 5.49. The molecular weight excluding hydrogens is 340 g/mol. The van der Waals surface area contributed by atoms with Gasteiger partial charge in [-0.3, -0.25) is 9.59 Å². The Morgan fingerprint density at radius 3 is 2.65 bits per heavy atom. The van der Waals surface area contributed by atoms with E-state index in [1.165, 1.54) is 13.2 Å². The summed E-state index contributed by atoms with van der Waals surface area (Å²) in [5.74, 6) is 0.149. The van der Waals surface area contributed by atoms with Gasteiger partial charge in [0, 0.05) is 39.3 Å². The molecule has 9 heteroatoms. The average molecular weight is 364 g/mol. The van der Waals surface area contributed by atoms with Crippen LogP contribution in [0.25, 0.3) is 0 Å². The van der Waals surface area contributed by atoms with Gasteiger partial charge in [0.1, 0.15) is 0 Å². The quantitative estimate of drug-likeness (QED) is 0.727. The number of carbonyl (C=O) groups is 2. The highest BCUT2D eigenvalue weighted by Gasteiger charge is 2.47. The van der Waals surface area contributed by atoms with Gasteiger partial charge in [-0.05, 0) is 18.6 Å². The molecule has 0 saturated carbocycles. The van der Waals surface area contributed by atoms with Crippen LogP contribution in [0.3, 0.4) is 0 Å². The molecule has 3 atom stereocenters. The Hall–Kier alpha value is -2.13. The predicted molar refractivity (Wildman–Crippen MR) is 89.8 cm³/mol. The first-order valence-corrected chi connectivity index (χ1v) is 8.98. The molecule has 2 amide bonds. The third kappa shape index (κ3) is 3.16. The Bertz CT molecular complexity index is 684. The molecule has 3 saturated heterocycles. The Labute approximate surface area is 151 Å². The first-order chi connectivity index (χ1) is 12.5. The molecule has 0 radical (unpaired) electrons. The van der Waals surface area contributed by atoms with Gasteiger partial charge in [0.15, 0.2) is 0 Å². The second-order valence-corrected chi connectivity index (χ2v) is 7.21. The predicted octanol–water partition coefficient (Wildman–Crippen LogP) is -0.313. The molecule has 2 bridgehead atoms. The number of likely N-dealkylation sites (tertiary alicyclic amines) is 1. The zero-order valence-corrected chi connectivity index (χ0v) is 15.1. The van der Waals surface area contributed by atoms with Crippen molar-refractivity contribution in [3.63, 3.8) is 0 Å². The second-order valence-electron chi connectivity index (χ2n) is 7.21. The lowest BCUT2D eigenvalue weighted by Crippen LogP contribution is -2.51. The topological polar surface area (TPSA) is 88.4 Å². The van der Waals surface area contributed by atoms with Crippen LogP contribution in [-0.2, 0) is 9.53 Å². The Morgan fingerprint density at radius 1 is 1.19 bits per heavy atom. The summed E-state index contributed by atoms with van der Waals surface area (Å²) in [5, 5.41) is 3.67. The van der Waals surface area contributed by atoms with Crippen molar-refractivity contribution in [3.05, 3.63) is 11.8 Å². The third-order valence-electron chi connectivity index (χ3n) is 5.49. The van der Waals surface area contributed by atoms with Gasteiger partial charge in [0.2, 0.25) is 11.7 Å². The molecule has 1 aromatic rings. The number of likely N-dealkylation sites (N-methyl/N-ethyl adjacent to an activating group) is 1. The molecule has 3 aliphatic heterocycles. The first kappa shape index (κ1) is 17.3. The van der Waals surface area contributed by atoms with E-state index in [2.05, 4.69) is 17.1 Å². The van der Waals surface area contributed by atoms with E-state index in [-0.39, 0.29) is 41.6 Å². The summed E-state index contributed by atoms with van der Waals surface area (Å²) < 4.78 is 16.0. The van der Waals surface area contributed by atoms with Crippen molar-refractivity contribution in [1.29, 1.82) is 0 Å². The van der Waals surface area contributed by atoms with Crippen molar-refractivity contribution in [2.45, 2.75) is 18.6 Å². The van der Waals surface area contributed by atoms with E-state index in [9.17, 15) is 9.59 Å². The SMILES string of the molecule is COc1cc(C(=O)N2CC3CC(C(=O)N4CCN(C)CC4)C(C2)O3)on1. The van der Waals surface area contributed by atoms with Gasteiger partial charge in [-0.15, -0.1) is 0 Å². The van der Waals surface area contributed by atoms with Crippen LogP contribution < -0.4 is 4.74 Å². The number of piperazine rings is 1. The molecule has 9 nitrogen and oxygen atoms in total. The van der Waals surface area contributed by atoms with Crippen molar-refractivity contribution >= 4 is 11.8 Å². The minimum Gasteiger partial charge on any atom is -0.479 e. The maximum atomic E-state index is 12.9. The minimum absolute atomic E-state index is 0.107. The fraction of sp³-hybridized carbons (Fsp3) is 0.706. The summed E-state index contributed by atoms with van der Waals surface area (Å²) >= 11 is 0. The number of morpholine rings is 1. The number of rotatable bonds is 3. The number of nitrogens with zero attached hydrogens (tertiary/aromatic N) is 4. The van der Waals surface area contributed by atoms with E-state index in [1.807, 2.05) is 4.90 Å². The standard InChI is InChI=1S/C17H24N4O5/c1-19-3-5-20(6-4-19)16(22)12-7-11-9-21(10-14(12)25-11)17(23)13-8-15(24-2)18-26-13/h8,11-12,14H,3-7,9-10H2,1-2H3. The largest absolute Gasteiger partial charge is 0.479 e. The maximum Gasteiger partial charge on any atom is 0.292 e. The molecule has 3 aliphatic rings. The number of carbonyl (C=O) groups excluding carboxylic acids is 2. The van der Waals surface area contributed by atoms with Crippen molar-refractivity contribution in [2.24, 2.45) is 5.92 Å². The number of fused-ring (bicyclic) bond motifs is 2. The molecule has 0 spiro atoms. The molecule has 4 rings (SSSR count). The molecule has 0 N–H and O–H groups in total. The van der Waals surface area contributed by atoms with Crippen LogP contribution in [0.4, 0.5) is 0 Å². The Balaban J connectivity index is 1.41. The zero-order chi connectivity index (χ0) is 18.3. The number of hydrogen-bond acceptors (Lipinski definition) is 7. The van der Waals surface area contributed by atoms with E-state index < -0.39 is 0 Å². The van der Waals surface area contributed by atoms with Crippen LogP contribution in [0.2, 0.25) is 0 Å². The normalized spacial score (nSPS) is 29.1. The highest BCUT2D eigenvalue weighted by molar-refractivity contribution is 5.92. The summed E-state index contributed by atoms with van der Waals surface area (Å²) in [6.07, 6.45) is 0.304. The monoisotopic (exact) mass is 364 g/mol. The lowest BCUT2D eigenvalue weighted by molar-refractivity contribution is -0.139. The van der Waals surface area contributed by atoms with Crippen LogP contribution in [0.15, 0.2) is 10.6 Å². The fourth-order valence-corrected chi connectivity index (χ4v) is 3.96. The molecule has 3 fully saturated rings. The van der Waals surface area contributed by atoms with E-state index in [1.54, 1.807) is 4.90 Å². The number of ether oxygens (including phenoxy) is 2. The molecule has 0 aliphatic carbocycles. The Kier molecular flexibility index (Phi) is 4.58. The maximum absolute atomic E-state index is 12.9. The van der Waals surface area contributed by atoms with Crippen molar-refractivity contribution in [3.8, 4) is 5.88 Å². The van der Waals surface area contributed by atoms with Crippen LogP contribution in [-0.4, -0.2) is 97.3 Å². The average Bonchev–Trinajstić information content (AvgIpc) is 3.25. The van der Waals surface area contributed by atoms with E-state index in [0.717, 1.165) is 26.2 Å².